The molecule has 1 heterocycles. The van der Waals surface area contributed by atoms with E-state index in [1.165, 1.54) is 16.0 Å². The van der Waals surface area contributed by atoms with Gasteiger partial charge in [-0.3, -0.25) is 0 Å². The van der Waals surface area contributed by atoms with Gasteiger partial charge < -0.3 is 5.32 Å². The Bertz CT molecular complexity index is 483. The Morgan fingerprint density at radius 3 is 2.67 bits per heavy atom. The molecule has 0 fully saturated rings. The quantitative estimate of drug-likeness (QED) is 0.881. The van der Waals surface area contributed by atoms with Gasteiger partial charge in [0.05, 0.1) is 0 Å². The number of hydrogen-bond acceptors (Lipinski definition) is 2. The van der Waals surface area contributed by atoms with Crippen LogP contribution in [0.5, 0.6) is 0 Å². The van der Waals surface area contributed by atoms with Crippen molar-refractivity contribution in [3.63, 3.8) is 0 Å². The average molecular weight is 255 g/mol. The molecule has 0 saturated heterocycles. The highest BCUT2D eigenvalue weighted by atomic mass is 32.2. The third-order valence-electron chi connectivity index (χ3n) is 3.32. The molecule has 0 aromatic heterocycles. The normalized spacial score (nSPS) is 19.0. The van der Waals surface area contributed by atoms with E-state index in [1.807, 2.05) is 11.8 Å². The molecule has 18 heavy (non-hydrogen) atoms. The summed E-state index contributed by atoms with van der Waals surface area (Å²) >= 11 is 1.97. The number of nitrogens with one attached hydrogen (secondary N) is 1. The molecule has 1 nitrogen and oxygen atoms in total. The zero-order valence-corrected chi connectivity index (χ0v) is 11.1. The van der Waals surface area contributed by atoms with Crippen molar-refractivity contribution in [1.29, 1.82) is 0 Å². The first-order chi connectivity index (χ1) is 8.92. The van der Waals surface area contributed by atoms with Crippen LogP contribution in [0, 0.1) is 0 Å². The van der Waals surface area contributed by atoms with Crippen molar-refractivity contribution >= 4 is 11.8 Å². The van der Waals surface area contributed by atoms with Crippen LogP contribution in [0.2, 0.25) is 0 Å². The zero-order valence-electron chi connectivity index (χ0n) is 10.3. The van der Waals surface area contributed by atoms with E-state index in [0.717, 1.165) is 18.7 Å². The molecule has 2 heteroatoms. The maximum atomic E-state index is 3.67. The Hall–Kier alpha value is -1.25. The van der Waals surface area contributed by atoms with Crippen molar-refractivity contribution < 1.29 is 0 Å². The van der Waals surface area contributed by atoms with Crippen LogP contribution in [-0.4, -0.2) is 11.8 Å². The van der Waals surface area contributed by atoms with Crippen molar-refractivity contribution in [3.8, 4) is 0 Å². The van der Waals surface area contributed by atoms with Crippen molar-refractivity contribution in [2.24, 2.45) is 0 Å². The molecule has 1 aliphatic heterocycles. The summed E-state index contributed by atoms with van der Waals surface area (Å²) in [6.45, 7) is 0.987. The minimum absolute atomic E-state index is 0.560. The first-order valence-corrected chi connectivity index (χ1v) is 7.38. The fourth-order valence-corrected chi connectivity index (χ4v) is 3.44. The van der Waals surface area contributed by atoms with Crippen molar-refractivity contribution in [2.45, 2.75) is 23.9 Å². The van der Waals surface area contributed by atoms with E-state index < -0.39 is 0 Å². The SMILES string of the molecule is c1ccc(CC2CSc3ccccc3CN2)cc1. The van der Waals surface area contributed by atoms with E-state index in [1.54, 1.807) is 0 Å². The molecule has 3 rings (SSSR count). The van der Waals surface area contributed by atoms with Crippen LogP contribution in [0.4, 0.5) is 0 Å². The van der Waals surface area contributed by atoms with Crippen molar-refractivity contribution in [1.82, 2.24) is 5.32 Å². The van der Waals surface area contributed by atoms with Crippen molar-refractivity contribution in [3.05, 3.63) is 65.7 Å². The largest absolute Gasteiger partial charge is 0.309 e. The summed E-state index contributed by atoms with van der Waals surface area (Å²) < 4.78 is 0. The van der Waals surface area contributed by atoms with Gasteiger partial charge in [-0.05, 0) is 23.6 Å². The Labute approximate surface area is 113 Å². The predicted octanol–water partition coefficient (Wildman–Crippen LogP) is 3.49. The molecule has 2 aromatic carbocycles. The van der Waals surface area contributed by atoms with E-state index in [4.69, 9.17) is 0 Å². The summed E-state index contributed by atoms with van der Waals surface area (Å²) in [5.41, 5.74) is 2.85. The number of rotatable bonds is 2. The zero-order chi connectivity index (χ0) is 12.2. The van der Waals surface area contributed by atoms with Gasteiger partial charge in [0.25, 0.3) is 0 Å². The van der Waals surface area contributed by atoms with Crippen LogP contribution in [0.3, 0.4) is 0 Å². The second kappa shape index (κ2) is 5.59. The molecule has 92 valence electrons. The van der Waals surface area contributed by atoms with Crippen LogP contribution < -0.4 is 5.32 Å². The van der Waals surface area contributed by atoms with Crippen LogP contribution in [0.1, 0.15) is 11.1 Å². The lowest BCUT2D eigenvalue weighted by atomic mass is 10.1. The molecular weight excluding hydrogens is 238 g/mol. The third-order valence-corrected chi connectivity index (χ3v) is 4.60. The summed E-state index contributed by atoms with van der Waals surface area (Å²) in [6.07, 6.45) is 1.11. The summed E-state index contributed by atoms with van der Waals surface area (Å²) in [4.78, 5) is 1.43. The lowest BCUT2D eigenvalue weighted by Crippen LogP contribution is -2.31. The van der Waals surface area contributed by atoms with E-state index in [2.05, 4.69) is 59.9 Å². The lowest BCUT2D eigenvalue weighted by molar-refractivity contribution is 0.555. The fourth-order valence-electron chi connectivity index (χ4n) is 2.32. The first-order valence-electron chi connectivity index (χ1n) is 6.40. The molecule has 1 atom stereocenters. The highest BCUT2D eigenvalue weighted by Gasteiger charge is 2.15. The molecule has 0 amide bonds. The summed E-state index contributed by atoms with van der Waals surface area (Å²) in [6, 6.07) is 20.0. The average Bonchev–Trinajstić information content (AvgIpc) is 2.63. The minimum atomic E-state index is 0.560. The van der Waals surface area contributed by atoms with Gasteiger partial charge in [-0.1, -0.05) is 48.5 Å². The number of hydrogen-bond donors (Lipinski definition) is 1. The summed E-state index contributed by atoms with van der Waals surface area (Å²) in [5.74, 6) is 1.14. The van der Waals surface area contributed by atoms with Crippen LogP contribution >= 0.6 is 11.8 Å². The topological polar surface area (TPSA) is 12.0 Å². The molecule has 0 bridgehead atoms. The molecule has 1 N–H and O–H groups in total. The van der Waals surface area contributed by atoms with E-state index in [0.29, 0.717) is 6.04 Å². The summed E-state index contributed by atoms with van der Waals surface area (Å²) in [5, 5.41) is 3.67. The van der Waals surface area contributed by atoms with Gasteiger partial charge in [-0.25, -0.2) is 0 Å². The molecule has 0 aliphatic carbocycles. The lowest BCUT2D eigenvalue weighted by Gasteiger charge is -2.15. The monoisotopic (exact) mass is 255 g/mol. The van der Waals surface area contributed by atoms with Gasteiger partial charge in [0.1, 0.15) is 0 Å². The highest BCUT2D eigenvalue weighted by Crippen LogP contribution is 2.26. The van der Waals surface area contributed by atoms with Gasteiger partial charge in [0.15, 0.2) is 0 Å². The Morgan fingerprint density at radius 2 is 1.78 bits per heavy atom. The van der Waals surface area contributed by atoms with Crippen LogP contribution in [0.15, 0.2) is 59.5 Å². The maximum absolute atomic E-state index is 3.67. The smallest absolute Gasteiger partial charge is 0.0219 e. The number of fused-ring (bicyclic) bond motifs is 1. The van der Waals surface area contributed by atoms with E-state index in [9.17, 15) is 0 Å². The van der Waals surface area contributed by atoms with E-state index in [-0.39, 0.29) is 0 Å². The van der Waals surface area contributed by atoms with Crippen LogP contribution in [-0.2, 0) is 13.0 Å². The minimum Gasteiger partial charge on any atom is -0.309 e. The molecule has 1 unspecified atom stereocenters. The fraction of sp³-hybridized carbons (Fsp3) is 0.250. The van der Waals surface area contributed by atoms with Gasteiger partial charge in [-0.2, -0.15) is 0 Å². The molecule has 0 spiro atoms. The molecule has 1 aliphatic rings. The van der Waals surface area contributed by atoms with Gasteiger partial charge in [-0.15, -0.1) is 11.8 Å². The molecular formula is C16H17NS. The molecule has 2 aromatic rings. The molecule has 0 radical (unpaired) electrons. The van der Waals surface area contributed by atoms with Crippen LogP contribution in [0.25, 0.3) is 0 Å². The summed E-state index contributed by atoms with van der Waals surface area (Å²) in [7, 11) is 0. The Morgan fingerprint density at radius 1 is 1.00 bits per heavy atom. The number of thioether (sulfide) groups is 1. The molecule has 0 saturated carbocycles. The Balaban J connectivity index is 1.68. The first kappa shape index (κ1) is 11.8. The third kappa shape index (κ3) is 2.77. The standard InChI is InChI=1S/C16H17NS/c1-2-6-13(7-3-1)10-15-12-18-16-9-5-4-8-14(16)11-17-15/h1-9,15,17H,10-12H2. The van der Waals surface area contributed by atoms with Gasteiger partial charge in [0.2, 0.25) is 0 Å². The number of benzene rings is 2. The van der Waals surface area contributed by atoms with Crippen molar-refractivity contribution in [2.75, 3.05) is 5.75 Å². The van der Waals surface area contributed by atoms with Gasteiger partial charge >= 0.3 is 0 Å². The van der Waals surface area contributed by atoms with Gasteiger partial charge in [0, 0.05) is 23.2 Å². The maximum Gasteiger partial charge on any atom is 0.0219 e. The van der Waals surface area contributed by atoms with E-state index >= 15 is 0 Å². The highest BCUT2D eigenvalue weighted by molar-refractivity contribution is 7.99. The predicted molar refractivity (Wildman–Crippen MR) is 77.9 cm³/mol. The second-order valence-corrected chi connectivity index (χ2v) is 5.75. The Kier molecular flexibility index (Phi) is 3.67. The second-order valence-electron chi connectivity index (χ2n) is 4.69.